The second-order valence-electron chi connectivity index (χ2n) is 4.38. The van der Waals surface area contributed by atoms with Gasteiger partial charge >= 0.3 is 0 Å². The fraction of sp³-hybridized carbons (Fsp3) is 0.571. The van der Waals surface area contributed by atoms with Crippen molar-refractivity contribution in [3.05, 3.63) is 29.8 Å². The maximum Gasteiger partial charge on any atom is 0.118 e. The van der Waals surface area contributed by atoms with Gasteiger partial charge in [0.15, 0.2) is 0 Å². The van der Waals surface area contributed by atoms with Crippen LogP contribution in [0.25, 0.3) is 0 Å². The number of benzene rings is 1. The topological polar surface area (TPSA) is 38.3 Å². The van der Waals surface area contributed by atoms with E-state index < -0.39 is 10.8 Å². The summed E-state index contributed by atoms with van der Waals surface area (Å²) in [5, 5.41) is 3.48. The van der Waals surface area contributed by atoms with Crippen LogP contribution in [0.4, 0.5) is 0 Å². The molecule has 0 saturated carbocycles. The molecule has 3 nitrogen and oxygen atoms in total. The van der Waals surface area contributed by atoms with Gasteiger partial charge in [0, 0.05) is 27.8 Å². The summed E-state index contributed by atoms with van der Waals surface area (Å²) in [6.07, 6.45) is 0.950. The van der Waals surface area contributed by atoms with E-state index in [4.69, 9.17) is 4.74 Å². The predicted molar refractivity (Wildman–Crippen MR) is 77.6 cm³/mol. The lowest BCUT2D eigenvalue weighted by Crippen LogP contribution is -2.26. The average Bonchev–Trinajstić information content (AvgIpc) is 2.43. The lowest BCUT2D eigenvalue weighted by atomic mass is 10.1. The van der Waals surface area contributed by atoms with Crippen molar-refractivity contribution in [3.63, 3.8) is 0 Å². The van der Waals surface area contributed by atoms with Crippen LogP contribution in [-0.4, -0.2) is 29.4 Å². The highest BCUT2D eigenvalue weighted by Crippen LogP contribution is 2.19. The number of nitrogens with one attached hydrogen (secondary N) is 1. The predicted octanol–water partition coefficient (Wildman–Crippen LogP) is 2.50. The number of rotatable bonds is 7. The van der Waals surface area contributed by atoms with Crippen LogP contribution < -0.4 is 10.1 Å². The van der Waals surface area contributed by atoms with E-state index in [1.54, 1.807) is 7.11 Å². The maximum atomic E-state index is 12.1. The minimum atomic E-state index is -0.796. The van der Waals surface area contributed by atoms with Gasteiger partial charge in [-0.25, -0.2) is 0 Å². The highest BCUT2D eigenvalue weighted by molar-refractivity contribution is 7.85. The Kier molecular flexibility index (Phi) is 6.36. The lowest BCUT2D eigenvalue weighted by molar-refractivity contribution is 0.414. The Morgan fingerprint density at radius 2 is 1.94 bits per heavy atom. The molecule has 0 fully saturated rings. The van der Waals surface area contributed by atoms with Crippen molar-refractivity contribution in [2.75, 3.05) is 19.9 Å². The molecule has 3 unspecified atom stereocenters. The molecule has 18 heavy (non-hydrogen) atoms. The van der Waals surface area contributed by atoms with Gasteiger partial charge in [-0.1, -0.05) is 26.0 Å². The van der Waals surface area contributed by atoms with Gasteiger partial charge in [0.05, 0.1) is 7.11 Å². The second-order valence-corrected chi connectivity index (χ2v) is 6.28. The fourth-order valence-corrected chi connectivity index (χ4v) is 3.08. The summed E-state index contributed by atoms with van der Waals surface area (Å²) in [4.78, 5) is 0. The first-order valence-corrected chi connectivity index (χ1v) is 7.69. The molecule has 1 aromatic carbocycles. The molecule has 0 aromatic heterocycles. The summed E-state index contributed by atoms with van der Waals surface area (Å²) in [7, 11) is 2.76. The Balaban J connectivity index is 2.73. The Hall–Kier alpha value is -0.870. The standard InChI is InChI=1S/C14H23NO2S/c1-5-11(2)18(16)10-14(15-3)12-6-8-13(17-4)9-7-12/h6-9,11,14-15H,5,10H2,1-4H3. The third-order valence-electron chi connectivity index (χ3n) is 3.22. The zero-order chi connectivity index (χ0) is 13.5. The highest BCUT2D eigenvalue weighted by atomic mass is 32.2. The van der Waals surface area contributed by atoms with Crippen molar-refractivity contribution < 1.29 is 8.95 Å². The van der Waals surface area contributed by atoms with Crippen molar-refractivity contribution in [2.45, 2.75) is 31.6 Å². The first kappa shape index (κ1) is 15.2. The molecule has 0 spiro atoms. The molecule has 0 radical (unpaired) electrons. The summed E-state index contributed by atoms with van der Waals surface area (Å²) < 4.78 is 17.2. The molecule has 1 N–H and O–H groups in total. The summed E-state index contributed by atoms with van der Waals surface area (Å²) in [6.45, 7) is 4.11. The van der Waals surface area contributed by atoms with E-state index in [2.05, 4.69) is 12.2 Å². The Morgan fingerprint density at radius 3 is 2.39 bits per heavy atom. The molecule has 3 atom stereocenters. The molecule has 0 aliphatic carbocycles. The third kappa shape index (κ3) is 4.10. The lowest BCUT2D eigenvalue weighted by Gasteiger charge is -2.18. The van der Waals surface area contributed by atoms with Gasteiger partial charge in [-0.15, -0.1) is 0 Å². The van der Waals surface area contributed by atoms with Crippen LogP contribution in [0.1, 0.15) is 31.9 Å². The van der Waals surface area contributed by atoms with E-state index >= 15 is 0 Å². The molecule has 0 amide bonds. The monoisotopic (exact) mass is 269 g/mol. The third-order valence-corrected chi connectivity index (χ3v) is 5.11. The van der Waals surface area contributed by atoms with Crippen LogP contribution in [0.15, 0.2) is 24.3 Å². The van der Waals surface area contributed by atoms with Gasteiger partial charge in [0.25, 0.3) is 0 Å². The van der Waals surface area contributed by atoms with Gasteiger partial charge < -0.3 is 10.1 Å². The number of methoxy groups -OCH3 is 1. The summed E-state index contributed by atoms with van der Waals surface area (Å²) >= 11 is 0. The van der Waals surface area contributed by atoms with Crippen molar-refractivity contribution in [2.24, 2.45) is 0 Å². The van der Waals surface area contributed by atoms with E-state index in [1.807, 2.05) is 38.2 Å². The molecule has 102 valence electrons. The van der Waals surface area contributed by atoms with Crippen LogP contribution in [0.3, 0.4) is 0 Å². The van der Waals surface area contributed by atoms with Crippen LogP contribution in [-0.2, 0) is 10.8 Å². The molecule has 4 heteroatoms. The SMILES string of the molecule is CCC(C)S(=O)CC(NC)c1ccc(OC)cc1. The van der Waals surface area contributed by atoms with Crippen molar-refractivity contribution in [1.29, 1.82) is 0 Å². The maximum absolute atomic E-state index is 12.1. The van der Waals surface area contributed by atoms with Gasteiger partial charge in [0.2, 0.25) is 0 Å². The smallest absolute Gasteiger partial charge is 0.118 e. The largest absolute Gasteiger partial charge is 0.497 e. The molecular weight excluding hydrogens is 246 g/mol. The van der Waals surface area contributed by atoms with E-state index in [9.17, 15) is 4.21 Å². The van der Waals surface area contributed by atoms with Crippen LogP contribution in [0.5, 0.6) is 5.75 Å². The zero-order valence-electron chi connectivity index (χ0n) is 11.6. The van der Waals surface area contributed by atoms with Crippen LogP contribution in [0, 0.1) is 0 Å². The molecule has 0 aliphatic heterocycles. The van der Waals surface area contributed by atoms with E-state index in [0.29, 0.717) is 5.75 Å². The van der Waals surface area contributed by atoms with Gasteiger partial charge in [0.1, 0.15) is 5.75 Å². The number of hydrogen-bond acceptors (Lipinski definition) is 3. The van der Waals surface area contributed by atoms with Gasteiger partial charge in [-0.3, -0.25) is 4.21 Å². The van der Waals surface area contributed by atoms with Gasteiger partial charge in [-0.05, 0) is 31.2 Å². The summed E-state index contributed by atoms with van der Waals surface area (Å²) in [5.41, 5.74) is 1.15. The average molecular weight is 269 g/mol. The Labute approximate surface area is 112 Å². The molecule has 1 aromatic rings. The molecule has 0 aliphatic rings. The first-order valence-electron chi connectivity index (χ1n) is 6.30. The number of ether oxygens (including phenoxy) is 1. The van der Waals surface area contributed by atoms with E-state index in [-0.39, 0.29) is 11.3 Å². The normalized spacial score (nSPS) is 16.0. The summed E-state index contributed by atoms with van der Waals surface area (Å²) in [6, 6.07) is 8.05. The van der Waals surface area contributed by atoms with Crippen molar-refractivity contribution in [1.82, 2.24) is 5.32 Å². The molecule has 0 bridgehead atoms. The quantitative estimate of drug-likeness (QED) is 0.826. The molecular formula is C14H23NO2S. The minimum Gasteiger partial charge on any atom is -0.497 e. The van der Waals surface area contributed by atoms with E-state index in [0.717, 1.165) is 17.7 Å². The van der Waals surface area contributed by atoms with Gasteiger partial charge in [-0.2, -0.15) is 0 Å². The summed E-state index contributed by atoms with van der Waals surface area (Å²) in [5.74, 6) is 1.49. The Morgan fingerprint density at radius 1 is 1.33 bits per heavy atom. The highest BCUT2D eigenvalue weighted by Gasteiger charge is 2.16. The minimum absolute atomic E-state index is 0.130. The van der Waals surface area contributed by atoms with Crippen molar-refractivity contribution >= 4 is 10.8 Å². The van der Waals surface area contributed by atoms with Crippen molar-refractivity contribution in [3.8, 4) is 5.75 Å². The van der Waals surface area contributed by atoms with E-state index in [1.165, 1.54) is 0 Å². The molecule has 0 saturated heterocycles. The zero-order valence-corrected chi connectivity index (χ0v) is 12.4. The van der Waals surface area contributed by atoms with Crippen LogP contribution in [0.2, 0.25) is 0 Å². The van der Waals surface area contributed by atoms with Crippen LogP contribution >= 0.6 is 0 Å². The Bertz CT molecular complexity index is 378. The second kappa shape index (κ2) is 7.54. The first-order chi connectivity index (χ1) is 8.62. The molecule has 1 rings (SSSR count). The molecule has 0 heterocycles. The fourth-order valence-electron chi connectivity index (χ4n) is 1.70. The number of hydrogen-bond donors (Lipinski definition) is 1.